The molecule has 0 aliphatic carbocycles. The quantitative estimate of drug-likeness (QED) is 0.0960. The molecule has 22 heteroatoms. The van der Waals surface area contributed by atoms with Crippen molar-refractivity contribution in [2.45, 2.75) is 24.9 Å². The summed E-state index contributed by atoms with van der Waals surface area (Å²) in [7, 11) is -16.7. The average Bonchev–Trinajstić information content (AvgIpc) is 3.12. The summed E-state index contributed by atoms with van der Waals surface area (Å²) in [6.07, 6.45) is -2.73. The van der Waals surface area contributed by atoms with Gasteiger partial charge in [0.25, 0.3) is 0 Å². The number of aliphatic hydroxyl groups is 1. The summed E-state index contributed by atoms with van der Waals surface area (Å²) < 4.78 is 55.3. The fourth-order valence-electron chi connectivity index (χ4n) is 3.04. The van der Waals surface area contributed by atoms with Crippen molar-refractivity contribution >= 4 is 97.1 Å². The zero-order chi connectivity index (χ0) is 29.3. The largest absolute Gasteiger partial charge is 0.490 e. The molecular weight excluding hydrogens is 928 g/mol. The van der Waals surface area contributed by atoms with E-state index < -0.39 is 54.2 Å². The van der Waals surface area contributed by atoms with Crippen LogP contribution in [-0.4, -0.2) is 53.0 Å². The van der Waals surface area contributed by atoms with E-state index in [0.29, 0.717) is 0 Å². The van der Waals surface area contributed by atoms with Crippen molar-refractivity contribution in [1.29, 1.82) is 0 Å². The summed E-state index contributed by atoms with van der Waals surface area (Å²) in [5.41, 5.74) is 5.94. The molecule has 214 valence electrons. The minimum Gasteiger partial charge on any atom is -0.390 e. The van der Waals surface area contributed by atoms with Gasteiger partial charge < -0.3 is 35.2 Å². The van der Waals surface area contributed by atoms with Crippen molar-refractivity contribution < 1.29 is 56.3 Å². The van der Waals surface area contributed by atoms with Crippen LogP contribution in [0.3, 0.4) is 0 Å². The van der Waals surface area contributed by atoms with Crippen molar-refractivity contribution in [1.82, 2.24) is 9.55 Å². The standard InChI is InChI=1S/C17H17I3N3O13P3/c18-10-4-12(20)11(19)3-8(10)1-2-9-6-23(17(25)22-16(9)21)15-5-13(24)14(34-15)7-33-38(29,30)36-39(31,32)35-37(26,27)28/h3-4,6,13-15,24H,5,7H2,(H,29,30)(H,31,32)(H2,21,22,25)(H2,26,27,28)/t13-,14-,15-/m1/s1. The topological polar surface area (TPSA) is 250 Å². The van der Waals surface area contributed by atoms with Crippen LogP contribution in [0.2, 0.25) is 0 Å². The van der Waals surface area contributed by atoms with Gasteiger partial charge in [-0.2, -0.15) is 13.6 Å². The molecule has 3 rings (SSSR count). The van der Waals surface area contributed by atoms with Crippen LogP contribution in [0.25, 0.3) is 0 Å². The molecule has 1 aliphatic rings. The maximum atomic E-state index is 12.5. The molecule has 16 nitrogen and oxygen atoms in total. The molecular formula is C17H17I3N3O13P3. The maximum absolute atomic E-state index is 12.5. The maximum Gasteiger partial charge on any atom is 0.490 e. The number of hydrogen-bond donors (Lipinski definition) is 6. The van der Waals surface area contributed by atoms with Crippen molar-refractivity contribution in [2.24, 2.45) is 0 Å². The molecule has 0 saturated carbocycles. The van der Waals surface area contributed by atoms with Gasteiger partial charge in [-0.05, 0) is 79.9 Å². The minimum atomic E-state index is -5.71. The molecule has 39 heavy (non-hydrogen) atoms. The lowest BCUT2D eigenvalue weighted by molar-refractivity contribution is -0.0449. The van der Waals surface area contributed by atoms with E-state index in [1.54, 1.807) is 0 Å². The first kappa shape index (κ1) is 33.5. The molecule has 0 amide bonds. The molecule has 1 aromatic carbocycles. The Bertz CT molecular complexity index is 1540. The Kier molecular flexibility index (Phi) is 11.2. The highest BCUT2D eigenvalue weighted by atomic mass is 127. The van der Waals surface area contributed by atoms with E-state index in [1.807, 2.05) is 12.1 Å². The number of aliphatic hydroxyl groups excluding tert-OH is 1. The summed E-state index contributed by atoms with van der Waals surface area (Å²) in [6.45, 7) is -0.894. The molecule has 1 fully saturated rings. The van der Waals surface area contributed by atoms with Crippen molar-refractivity contribution in [2.75, 3.05) is 12.3 Å². The summed E-state index contributed by atoms with van der Waals surface area (Å²) in [6, 6.07) is 3.83. The number of rotatable bonds is 8. The van der Waals surface area contributed by atoms with E-state index in [2.05, 4.69) is 97.7 Å². The third kappa shape index (κ3) is 9.76. The SMILES string of the molecule is Nc1nc(=O)n([C@H]2C[C@@H](O)[C@@H](COP(=O)(O)OP(=O)(O)OP(=O)(O)O)O2)cc1C#Cc1cc(I)c(I)cc1I. The molecule has 1 saturated heterocycles. The zero-order valence-electron chi connectivity index (χ0n) is 18.8. The normalized spacial score (nSPS) is 22.5. The first-order valence-corrected chi connectivity index (χ1v) is 17.8. The molecule has 2 aromatic rings. The van der Waals surface area contributed by atoms with Gasteiger partial charge in [-0.25, -0.2) is 18.5 Å². The Morgan fingerprint density at radius 3 is 2.28 bits per heavy atom. The van der Waals surface area contributed by atoms with Gasteiger partial charge in [0.1, 0.15) is 18.1 Å². The molecule has 5 atom stereocenters. The first-order chi connectivity index (χ1) is 17.9. The Labute approximate surface area is 260 Å². The third-order valence-corrected chi connectivity index (χ3v) is 12.2. The van der Waals surface area contributed by atoms with E-state index in [-0.39, 0.29) is 17.8 Å². The highest BCUT2D eigenvalue weighted by Crippen LogP contribution is 2.66. The average molecular weight is 945 g/mol. The number of nitrogen functional groups attached to an aromatic ring is 1. The van der Waals surface area contributed by atoms with E-state index in [0.717, 1.165) is 20.8 Å². The van der Waals surface area contributed by atoms with Gasteiger partial charge >= 0.3 is 29.2 Å². The van der Waals surface area contributed by atoms with E-state index in [9.17, 15) is 33.4 Å². The Balaban J connectivity index is 1.75. The lowest BCUT2D eigenvalue weighted by Crippen LogP contribution is -2.29. The molecule has 2 heterocycles. The van der Waals surface area contributed by atoms with Crippen LogP contribution in [0.4, 0.5) is 5.82 Å². The predicted molar refractivity (Wildman–Crippen MR) is 158 cm³/mol. The van der Waals surface area contributed by atoms with Crippen molar-refractivity contribution in [3.8, 4) is 11.8 Å². The number of phosphoric acid groups is 3. The van der Waals surface area contributed by atoms with Gasteiger partial charge in [-0.3, -0.25) is 9.09 Å². The van der Waals surface area contributed by atoms with Gasteiger partial charge in [0, 0.05) is 28.9 Å². The number of benzene rings is 1. The number of hydrogen-bond acceptors (Lipinski definition) is 11. The van der Waals surface area contributed by atoms with Crippen LogP contribution in [-0.2, 0) is 31.6 Å². The number of halogens is 3. The second-order valence-corrected chi connectivity index (χ2v) is 15.5. The van der Waals surface area contributed by atoms with Crippen LogP contribution >= 0.6 is 91.2 Å². The Morgan fingerprint density at radius 2 is 1.64 bits per heavy atom. The van der Waals surface area contributed by atoms with E-state index in [4.69, 9.17) is 20.3 Å². The number of aromatic nitrogens is 2. The molecule has 7 N–H and O–H groups in total. The highest BCUT2D eigenvalue weighted by Gasteiger charge is 2.43. The zero-order valence-corrected chi connectivity index (χ0v) is 28.0. The molecule has 0 spiro atoms. The van der Waals surface area contributed by atoms with Gasteiger partial charge in [0.15, 0.2) is 0 Å². The third-order valence-electron chi connectivity index (χ3n) is 4.66. The lowest BCUT2D eigenvalue weighted by atomic mass is 10.2. The van der Waals surface area contributed by atoms with Crippen LogP contribution in [0.5, 0.6) is 0 Å². The number of phosphoric ester groups is 1. The number of ether oxygens (including phenoxy) is 1. The van der Waals surface area contributed by atoms with E-state index >= 15 is 0 Å². The highest BCUT2D eigenvalue weighted by molar-refractivity contribution is 14.1. The van der Waals surface area contributed by atoms with Gasteiger partial charge in [-0.15, -0.1) is 0 Å². The van der Waals surface area contributed by atoms with Gasteiger partial charge in [0.05, 0.1) is 18.3 Å². The summed E-state index contributed by atoms with van der Waals surface area (Å²) in [4.78, 5) is 52.2. The molecule has 1 aromatic heterocycles. The fourth-order valence-corrected chi connectivity index (χ4v) is 8.21. The number of nitrogens with two attached hydrogens (primary N) is 1. The number of anilines is 1. The van der Waals surface area contributed by atoms with Gasteiger partial charge in [0.2, 0.25) is 0 Å². The minimum absolute atomic E-state index is 0.137. The first-order valence-electron chi connectivity index (χ1n) is 10.0. The van der Waals surface area contributed by atoms with Crippen LogP contribution in [0.15, 0.2) is 23.1 Å². The molecule has 0 radical (unpaired) electrons. The van der Waals surface area contributed by atoms with Crippen LogP contribution in [0, 0.1) is 22.6 Å². The van der Waals surface area contributed by atoms with Gasteiger partial charge in [-0.1, -0.05) is 11.8 Å². The van der Waals surface area contributed by atoms with E-state index in [1.165, 1.54) is 6.20 Å². The van der Waals surface area contributed by atoms with Crippen molar-refractivity contribution in [3.05, 3.63) is 50.7 Å². The monoisotopic (exact) mass is 945 g/mol. The summed E-state index contributed by atoms with van der Waals surface area (Å²) in [5.74, 6) is 5.70. The van der Waals surface area contributed by atoms with Crippen molar-refractivity contribution in [3.63, 3.8) is 0 Å². The fraction of sp³-hybridized carbons (Fsp3) is 0.294. The van der Waals surface area contributed by atoms with Crippen LogP contribution < -0.4 is 11.4 Å². The second-order valence-electron chi connectivity index (χ2n) is 7.54. The summed E-state index contributed by atoms with van der Waals surface area (Å²) in [5, 5.41) is 10.3. The molecule has 2 unspecified atom stereocenters. The molecule has 1 aliphatic heterocycles. The number of nitrogens with zero attached hydrogens (tertiary/aromatic N) is 2. The predicted octanol–water partition coefficient (Wildman–Crippen LogP) is 2.03. The van der Waals surface area contributed by atoms with Crippen LogP contribution in [0.1, 0.15) is 23.8 Å². The Morgan fingerprint density at radius 1 is 1.03 bits per heavy atom. The molecule has 0 bridgehead atoms. The summed E-state index contributed by atoms with van der Waals surface area (Å²) >= 11 is 6.51. The second kappa shape index (κ2) is 13.1. The lowest BCUT2D eigenvalue weighted by Gasteiger charge is -2.19. The Hall–Kier alpha value is -0.0200. The smallest absolute Gasteiger partial charge is 0.390 e.